The van der Waals surface area contributed by atoms with Gasteiger partial charge in [0.25, 0.3) is 0 Å². The highest BCUT2D eigenvalue weighted by atomic mass is 32.1. The number of rotatable bonds is 6. The largest absolute Gasteiger partial charge is 0.462 e. The lowest BCUT2D eigenvalue weighted by Crippen LogP contribution is -2.33. The van der Waals surface area contributed by atoms with Crippen LogP contribution in [0.3, 0.4) is 0 Å². The second-order valence-corrected chi connectivity index (χ2v) is 5.23. The average molecular weight is 294 g/mol. The van der Waals surface area contributed by atoms with Crippen LogP contribution in [0.2, 0.25) is 0 Å². The molecule has 0 aliphatic heterocycles. The normalized spacial score (nSPS) is 10.2. The molecule has 0 saturated carbocycles. The molecule has 0 saturated heterocycles. The zero-order chi connectivity index (χ0) is 15.0. The highest BCUT2D eigenvalue weighted by Gasteiger charge is 2.07. The molecule has 2 N–H and O–H groups in total. The number of unbranched alkanes of at least 4 members (excludes halogenated alkanes) is 1. The minimum absolute atomic E-state index is 0.280. The van der Waals surface area contributed by atoms with Crippen molar-refractivity contribution >= 4 is 29.0 Å². The lowest BCUT2D eigenvalue weighted by Gasteiger charge is -2.13. The fraction of sp³-hybridized carbons (Fsp3) is 0.467. The third-order valence-electron chi connectivity index (χ3n) is 2.53. The van der Waals surface area contributed by atoms with Gasteiger partial charge in [0.1, 0.15) is 0 Å². The van der Waals surface area contributed by atoms with Crippen LogP contribution >= 0.6 is 12.2 Å². The molecule has 0 radical (unpaired) electrons. The van der Waals surface area contributed by atoms with Gasteiger partial charge in [-0.1, -0.05) is 13.3 Å². The third kappa shape index (κ3) is 6.02. The van der Waals surface area contributed by atoms with Gasteiger partial charge in [-0.05, 0) is 56.8 Å². The standard InChI is InChI=1S/C15H22N2O2S/c1-4-5-10-19-14(18)12-6-8-13(9-7-12)17-15(20)16-11(2)3/h6-9,11H,4-5,10H2,1-3H3,(H2,16,17,20). The Hall–Kier alpha value is -1.62. The predicted octanol–water partition coefficient (Wildman–Crippen LogP) is 3.34. The first-order chi connectivity index (χ1) is 9.52. The Morgan fingerprint density at radius 2 is 1.95 bits per heavy atom. The highest BCUT2D eigenvalue weighted by molar-refractivity contribution is 7.80. The third-order valence-corrected chi connectivity index (χ3v) is 2.75. The maximum atomic E-state index is 11.7. The van der Waals surface area contributed by atoms with Crippen molar-refractivity contribution in [2.24, 2.45) is 0 Å². The van der Waals surface area contributed by atoms with Gasteiger partial charge in [0.15, 0.2) is 5.11 Å². The summed E-state index contributed by atoms with van der Waals surface area (Å²) in [6, 6.07) is 7.36. The summed E-state index contributed by atoms with van der Waals surface area (Å²) in [5.74, 6) is -0.284. The van der Waals surface area contributed by atoms with Crippen molar-refractivity contribution in [3.63, 3.8) is 0 Å². The molecule has 0 heterocycles. The monoisotopic (exact) mass is 294 g/mol. The van der Waals surface area contributed by atoms with E-state index < -0.39 is 0 Å². The second kappa shape index (κ2) is 8.53. The summed E-state index contributed by atoms with van der Waals surface area (Å²) >= 11 is 5.15. The number of anilines is 1. The van der Waals surface area contributed by atoms with Gasteiger partial charge in [0.2, 0.25) is 0 Å². The number of ether oxygens (including phenoxy) is 1. The SMILES string of the molecule is CCCCOC(=O)c1ccc(NC(=S)NC(C)C)cc1. The number of nitrogens with one attached hydrogen (secondary N) is 2. The quantitative estimate of drug-likeness (QED) is 0.479. The van der Waals surface area contributed by atoms with E-state index in [0.29, 0.717) is 17.3 Å². The summed E-state index contributed by atoms with van der Waals surface area (Å²) in [5, 5.41) is 6.72. The first-order valence-electron chi connectivity index (χ1n) is 6.87. The zero-order valence-electron chi connectivity index (χ0n) is 12.2. The first kappa shape index (κ1) is 16.4. The molecule has 1 rings (SSSR count). The summed E-state index contributed by atoms with van der Waals surface area (Å²) in [5.41, 5.74) is 1.39. The molecule has 0 atom stereocenters. The summed E-state index contributed by atoms with van der Waals surface area (Å²) in [6.45, 7) is 6.56. The van der Waals surface area contributed by atoms with Crippen molar-refractivity contribution in [2.75, 3.05) is 11.9 Å². The molecule has 0 unspecified atom stereocenters. The van der Waals surface area contributed by atoms with E-state index in [2.05, 4.69) is 17.6 Å². The number of esters is 1. The van der Waals surface area contributed by atoms with Crippen molar-refractivity contribution < 1.29 is 9.53 Å². The van der Waals surface area contributed by atoms with Gasteiger partial charge in [-0.15, -0.1) is 0 Å². The Labute approximate surface area is 125 Å². The molecule has 4 nitrogen and oxygen atoms in total. The Morgan fingerprint density at radius 3 is 2.50 bits per heavy atom. The van der Waals surface area contributed by atoms with Crippen LogP contribution in [-0.4, -0.2) is 23.7 Å². The van der Waals surface area contributed by atoms with Crippen LogP contribution in [0.25, 0.3) is 0 Å². The van der Waals surface area contributed by atoms with Crippen molar-refractivity contribution in [3.05, 3.63) is 29.8 Å². The fourth-order valence-electron chi connectivity index (χ4n) is 1.51. The fourth-order valence-corrected chi connectivity index (χ4v) is 1.87. The van der Waals surface area contributed by atoms with Crippen LogP contribution in [0.4, 0.5) is 5.69 Å². The lowest BCUT2D eigenvalue weighted by molar-refractivity contribution is 0.0500. The van der Waals surface area contributed by atoms with E-state index >= 15 is 0 Å². The maximum absolute atomic E-state index is 11.7. The zero-order valence-corrected chi connectivity index (χ0v) is 13.0. The van der Waals surface area contributed by atoms with Crippen molar-refractivity contribution in [2.45, 2.75) is 39.7 Å². The molecular formula is C15H22N2O2S. The van der Waals surface area contributed by atoms with Crippen molar-refractivity contribution in [1.82, 2.24) is 5.32 Å². The molecular weight excluding hydrogens is 272 g/mol. The maximum Gasteiger partial charge on any atom is 0.338 e. The van der Waals surface area contributed by atoms with Gasteiger partial charge in [0, 0.05) is 11.7 Å². The number of carbonyl (C=O) groups excluding carboxylic acids is 1. The molecule has 0 aliphatic carbocycles. The molecule has 0 fully saturated rings. The van der Waals surface area contributed by atoms with E-state index in [1.54, 1.807) is 12.1 Å². The van der Waals surface area contributed by atoms with Gasteiger partial charge in [-0.25, -0.2) is 4.79 Å². The molecule has 0 spiro atoms. The van der Waals surface area contributed by atoms with Crippen molar-refractivity contribution in [3.8, 4) is 0 Å². The van der Waals surface area contributed by atoms with E-state index in [4.69, 9.17) is 17.0 Å². The van der Waals surface area contributed by atoms with Crippen LogP contribution in [0.1, 0.15) is 44.0 Å². The number of carbonyl (C=O) groups is 1. The average Bonchev–Trinajstić information content (AvgIpc) is 2.38. The van der Waals surface area contributed by atoms with Crippen LogP contribution in [0, 0.1) is 0 Å². The summed E-state index contributed by atoms with van der Waals surface area (Å²) < 4.78 is 5.14. The minimum Gasteiger partial charge on any atom is -0.462 e. The van der Waals surface area contributed by atoms with E-state index in [-0.39, 0.29) is 12.0 Å². The minimum atomic E-state index is -0.284. The van der Waals surface area contributed by atoms with Gasteiger partial charge in [0.05, 0.1) is 12.2 Å². The van der Waals surface area contributed by atoms with E-state index in [0.717, 1.165) is 18.5 Å². The Morgan fingerprint density at radius 1 is 1.30 bits per heavy atom. The second-order valence-electron chi connectivity index (χ2n) is 4.82. The highest BCUT2D eigenvalue weighted by Crippen LogP contribution is 2.11. The van der Waals surface area contributed by atoms with E-state index in [1.165, 1.54) is 0 Å². The van der Waals surface area contributed by atoms with Gasteiger partial charge in [-0.3, -0.25) is 0 Å². The summed E-state index contributed by atoms with van der Waals surface area (Å²) in [6.07, 6.45) is 1.90. The first-order valence-corrected chi connectivity index (χ1v) is 7.28. The Balaban J connectivity index is 2.51. The molecule has 20 heavy (non-hydrogen) atoms. The van der Waals surface area contributed by atoms with Crippen LogP contribution < -0.4 is 10.6 Å². The Kier molecular flexibility index (Phi) is 7.01. The van der Waals surface area contributed by atoms with Gasteiger partial charge >= 0.3 is 5.97 Å². The van der Waals surface area contributed by atoms with E-state index in [9.17, 15) is 4.79 Å². The van der Waals surface area contributed by atoms with Gasteiger partial charge < -0.3 is 15.4 Å². The van der Waals surface area contributed by atoms with Gasteiger partial charge in [-0.2, -0.15) is 0 Å². The molecule has 1 aromatic rings. The lowest BCUT2D eigenvalue weighted by atomic mass is 10.2. The number of hydrogen-bond acceptors (Lipinski definition) is 3. The smallest absolute Gasteiger partial charge is 0.338 e. The molecule has 0 bridgehead atoms. The number of thiocarbonyl (C=S) groups is 1. The molecule has 110 valence electrons. The van der Waals surface area contributed by atoms with Crippen LogP contribution in [-0.2, 0) is 4.74 Å². The molecule has 5 heteroatoms. The predicted molar refractivity (Wildman–Crippen MR) is 86.1 cm³/mol. The topological polar surface area (TPSA) is 50.4 Å². The van der Waals surface area contributed by atoms with E-state index in [1.807, 2.05) is 26.0 Å². The molecule has 0 aliphatic rings. The van der Waals surface area contributed by atoms with Crippen molar-refractivity contribution in [1.29, 1.82) is 0 Å². The summed E-state index contributed by atoms with van der Waals surface area (Å²) in [4.78, 5) is 11.7. The number of benzene rings is 1. The molecule has 0 amide bonds. The number of hydrogen-bond donors (Lipinski definition) is 2. The van der Waals surface area contributed by atoms with Crippen LogP contribution in [0.5, 0.6) is 0 Å². The van der Waals surface area contributed by atoms with Crippen LogP contribution in [0.15, 0.2) is 24.3 Å². The Bertz CT molecular complexity index is 444. The molecule has 0 aromatic heterocycles. The summed E-state index contributed by atoms with van der Waals surface area (Å²) in [7, 11) is 0. The molecule has 1 aromatic carbocycles.